The Kier molecular flexibility index (Phi) is 6.03. The normalized spacial score (nSPS) is 16.6. The molecular formula is C24H25N5O4. The van der Waals surface area contributed by atoms with Gasteiger partial charge in [-0.25, -0.2) is 9.61 Å². The number of hydrogen-bond acceptors (Lipinski definition) is 7. The molecule has 0 radical (unpaired) electrons. The van der Waals surface area contributed by atoms with E-state index in [9.17, 15) is 4.79 Å². The molecule has 0 aliphatic carbocycles. The van der Waals surface area contributed by atoms with E-state index >= 15 is 0 Å². The van der Waals surface area contributed by atoms with Crippen LogP contribution in [0.5, 0.6) is 5.75 Å². The molecule has 1 amide bonds. The second-order valence-corrected chi connectivity index (χ2v) is 8.21. The van der Waals surface area contributed by atoms with Crippen molar-refractivity contribution in [3.63, 3.8) is 0 Å². The van der Waals surface area contributed by atoms with E-state index in [4.69, 9.17) is 14.1 Å². The molecule has 1 aliphatic heterocycles. The van der Waals surface area contributed by atoms with Crippen molar-refractivity contribution in [2.45, 2.75) is 20.0 Å². The molecule has 1 atom stereocenters. The molecule has 4 heterocycles. The van der Waals surface area contributed by atoms with Crippen LogP contribution in [0.15, 0.2) is 59.6 Å². The summed E-state index contributed by atoms with van der Waals surface area (Å²) >= 11 is 0. The van der Waals surface area contributed by atoms with Crippen LogP contribution in [0.2, 0.25) is 0 Å². The van der Waals surface area contributed by atoms with Gasteiger partial charge in [0, 0.05) is 37.6 Å². The molecule has 0 bridgehead atoms. The molecule has 33 heavy (non-hydrogen) atoms. The third-order valence-electron chi connectivity index (χ3n) is 5.83. The number of carbonyl (C=O) groups excluding carboxylic acids is 1. The van der Waals surface area contributed by atoms with Crippen LogP contribution < -0.4 is 4.74 Å². The summed E-state index contributed by atoms with van der Waals surface area (Å²) in [5.41, 5.74) is 3.90. The Hall–Kier alpha value is -3.72. The maximum Gasteiger partial charge on any atom is 0.257 e. The predicted octanol–water partition coefficient (Wildman–Crippen LogP) is 2.94. The maximum atomic E-state index is 13.5. The van der Waals surface area contributed by atoms with Gasteiger partial charge in [-0.3, -0.25) is 4.79 Å². The number of amides is 1. The topological polar surface area (TPSA) is 95.0 Å². The largest absolute Gasteiger partial charge is 0.486 e. The number of nitrogens with zero attached hydrogens (tertiary/aromatic N) is 5. The molecule has 3 aromatic heterocycles. The first-order chi connectivity index (χ1) is 16.2. The minimum atomic E-state index is -0.0684. The zero-order valence-electron chi connectivity index (χ0n) is 18.4. The molecule has 5 rings (SSSR count). The third kappa shape index (κ3) is 4.73. The summed E-state index contributed by atoms with van der Waals surface area (Å²) in [6.07, 6.45) is 6.62. The molecule has 0 N–H and O–H groups in total. The van der Waals surface area contributed by atoms with Crippen LogP contribution in [0, 0.1) is 12.8 Å². The lowest BCUT2D eigenvalue weighted by molar-refractivity contribution is 0.0732. The Labute approximate surface area is 190 Å². The number of aryl methyl sites for hydroxylation is 1. The van der Waals surface area contributed by atoms with E-state index in [1.807, 2.05) is 33.7 Å². The summed E-state index contributed by atoms with van der Waals surface area (Å²) < 4.78 is 18.5. The van der Waals surface area contributed by atoms with Crippen molar-refractivity contribution in [2.75, 3.05) is 26.3 Å². The average Bonchev–Trinajstić information content (AvgIpc) is 3.40. The summed E-state index contributed by atoms with van der Waals surface area (Å²) in [4.78, 5) is 19.6. The van der Waals surface area contributed by atoms with Gasteiger partial charge in [0.2, 0.25) is 0 Å². The van der Waals surface area contributed by atoms with Gasteiger partial charge in [0.25, 0.3) is 5.91 Å². The van der Waals surface area contributed by atoms with Crippen LogP contribution in [0.3, 0.4) is 0 Å². The van der Waals surface area contributed by atoms with Crippen molar-refractivity contribution >= 4 is 11.6 Å². The van der Waals surface area contributed by atoms with E-state index in [0.717, 1.165) is 12.1 Å². The van der Waals surface area contributed by atoms with Crippen LogP contribution in [0.25, 0.3) is 5.65 Å². The lowest BCUT2D eigenvalue weighted by Crippen LogP contribution is -2.36. The van der Waals surface area contributed by atoms with Crippen molar-refractivity contribution in [3.8, 4) is 5.75 Å². The van der Waals surface area contributed by atoms with Gasteiger partial charge in [0.05, 0.1) is 18.8 Å². The fourth-order valence-corrected chi connectivity index (χ4v) is 4.07. The van der Waals surface area contributed by atoms with Crippen LogP contribution >= 0.6 is 0 Å². The van der Waals surface area contributed by atoms with Crippen molar-refractivity contribution in [1.29, 1.82) is 0 Å². The van der Waals surface area contributed by atoms with E-state index in [1.54, 1.807) is 25.3 Å². The van der Waals surface area contributed by atoms with Crippen molar-refractivity contribution in [1.82, 2.24) is 24.6 Å². The molecule has 1 saturated heterocycles. The number of pyridine rings is 1. The summed E-state index contributed by atoms with van der Waals surface area (Å²) in [7, 11) is 0. The number of hydrogen-bond donors (Lipinski definition) is 0. The Balaban J connectivity index is 1.29. The van der Waals surface area contributed by atoms with Crippen molar-refractivity contribution in [3.05, 3.63) is 77.5 Å². The molecule has 1 unspecified atom stereocenters. The molecule has 1 aliphatic rings. The summed E-state index contributed by atoms with van der Waals surface area (Å²) in [5.74, 6) is 0.632. The fraction of sp³-hybridized carbons (Fsp3) is 0.333. The number of imidazole rings is 1. The number of fused-ring (bicyclic) bond motifs is 1. The number of ether oxygens (including phenoxy) is 2. The highest BCUT2D eigenvalue weighted by Gasteiger charge is 2.26. The van der Waals surface area contributed by atoms with Crippen LogP contribution in [-0.2, 0) is 17.8 Å². The molecule has 0 saturated carbocycles. The number of aromatic nitrogens is 4. The highest BCUT2D eigenvalue weighted by molar-refractivity contribution is 5.97. The van der Waals surface area contributed by atoms with Gasteiger partial charge in [-0.15, -0.1) is 0 Å². The first kappa shape index (κ1) is 21.1. The molecule has 1 aromatic carbocycles. The fourth-order valence-electron chi connectivity index (χ4n) is 4.07. The number of benzene rings is 1. The van der Waals surface area contributed by atoms with Gasteiger partial charge in [0.1, 0.15) is 29.4 Å². The Morgan fingerprint density at radius 1 is 1.21 bits per heavy atom. The van der Waals surface area contributed by atoms with Crippen LogP contribution in [-0.4, -0.2) is 56.8 Å². The van der Waals surface area contributed by atoms with Gasteiger partial charge in [-0.1, -0.05) is 28.5 Å². The standard InChI is InChI=1S/C24H25N5O4/c1-17-21(27-33-26-17)16-32-22-5-3-2-4-20(22)24(30)29-10-11-31-15-19(14-29)12-18-6-7-23-25-8-9-28(23)13-18/h2-9,13,19H,10-12,14-16H2,1H3. The van der Waals surface area contributed by atoms with Gasteiger partial charge < -0.3 is 18.8 Å². The highest BCUT2D eigenvalue weighted by atomic mass is 16.6. The quantitative estimate of drug-likeness (QED) is 0.448. The van der Waals surface area contributed by atoms with E-state index in [1.165, 1.54) is 5.56 Å². The van der Waals surface area contributed by atoms with E-state index in [0.29, 0.717) is 49.0 Å². The lowest BCUT2D eigenvalue weighted by atomic mass is 10.0. The minimum Gasteiger partial charge on any atom is -0.486 e. The second kappa shape index (κ2) is 9.41. The monoisotopic (exact) mass is 447 g/mol. The summed E-state index contributed by atoms with van der Waals surface area (Å²) in [6.45, 7) is 4.26. The molecule has 4 aromatic rings. The van der Waals surface area contributed by atoms with Gasteiger partial charge in [0.15, 0.2) is 0 Å². The number of para-hydroxylation sites is 1. The number of rotatable bonds is 6. The molecule has 170 valence electrons. The first-order valence-electron chi connectivity index (χ1n) is 11.0. The number of carbonyl (C=O) groups is 1. The Morgan fingerprint density at radius 2 is 2.12 bits per heavy atom. The third-order valence-corrected chi connectivity index (χ3v) is 5.83. The molecule has 0 spiro atoms. The smallest absolute Gasteiger partial charge is 0.257 e. The van der Waals surface area contributed by atoms with Gasteiger partial charge in [-0.05, 0) is 37.1 Å². The molecule has 9 heteroatoms. The van der Waals surface area contributed by atoms with Crippen LogP contribution in [0.1, 0.15) is 27.3 Å². The van der Waals surface area contributed by atoms with Crippen LogP contribution in [0.4, 0.5) is 0 Å². The first-order valence-corrected chi connectivity index (χ1v) is 11.0. The highest BCUT2D eigenvalue weighted by Crippen LogP contribution is 2.23. The van der Waals surface area contributed by atoms with E-state index in [2.05, 4.69) is 27.6 Å². The average molecular weight is 447 g/mol. The zero-order valence-corrected chi connectivity index (χ0v) is 18.4. The zero-order chi connectivity index (χ0) is 22.6. The molecular weight excluding hydrogens is 422 g/mol. The maximum absolute atomic E-state index is 13.5. The van der Waals surface area contributed by atoms with E-state index < -0.39 is 0 Å². The molecule has 1 fully saturated rings. The minimum absolute atomic E-state index is 0.0684. The molecule has 9 nitrogen and oxygen atoms in total. The van der Waals surface area contributed by atoms with Crippen molar-refractivity contribution in [2.24, 2.45) is 5.92 Å². The van der Waals surface area contributed by atoms with E-state index in [-0.39, 0.29) is 18.4 Å². The summed E-state index contributed by atoms with van der Waals surface area (Å²) in [6, 6.07) is 11.4. The second-order valence-electron chi connectivity index (χ2n) is 8.21. The van der Waals surface area contributed by atoms with Gasteiger partial charge in [-0.2, -0.15) is 0 Å². The Morgan fingerprint density at radius 3 is 3.00 bits per heavy atom. The summed E-state index contributed by atoms with van der Waals surface area (Å²) in [5, 5.41) is 7.61. The Bertz CT molecular complexity index is 1250. The SMILES string of the molecule is Cc1nonc1COc1ccccc1C(=O)N1CCOCC(Cc2ccc3nccn3c2)C1. The predicted molar refractivity (Wildman–Crippen MR) is 119 cm³/mol. The van der Waals surface area contributed by atoms with Gasteiger partial charge >= 0.3 is 0 Å². The lowest BCUT2D eigenvalue weighted by Gasteiger charge is -2.24. The van der Waals surface area contributed by atoms with Crippen molar-refractivity contribution < 1.29 is 18.9 Å².